The molecule has 3 aromatic rings. The molecule has 0 spiro atoms. The third-order valence-corrected chi connectivity index (χ3v) is 5.88. The molecule has 35 heavy (non-hydrogen) atoms. The topological polar surface area (TPSA) is 63.0 Å². The van der Waals surface area contributed by atoms with Gasteiger partial charge >= 0.3 is 6.36 Å². The summed E-state index contributed by atoms with van der Waals surface area (Å²) >= 11 is 0. The van der Waals surface area contributed by atoms with Crippen molar-refractivity contribution in [3.63, 3.8) is 0 Å². The summed E-state index contributed by atoms with van der Waals surface area (Å²) in [6, 6.07) is 15.5. The molecule has 1 N–H and O–H groups in total. The Morgan fingerprint density at radius 3 is 2.31 bits per heavy atom. The molecule has 1 aliphatic heterocycles. The van der Waals surface area contributed by atoms with Gasteiger partial charge < -0.3 is 24.2 Å². The number of benzene rings is 2. The second-order valence-corrected chi connectivity index (χ2v) is 8.31. The van der Waals surface area contributed by atoms with Gasteiger partial charge in [0.25, 0.3) is 0 Å². The Morgan fingerprint density at radius 2 is 1.66 bits per heavy atom. The maximum Gasteiger partial charge on any atom is 0.573 e. The maximum absolute atomic E-state index is 12.3. The van der Waals surface area contributed by atoms with Crippen LogP contribution >= 0.6 is 0 Å². The fraction of sp³-hybridized carbons (Fsp3) is 0.400. The highest BCUT2D eigenvalue weighted by atomic mass is 19.4. The van der Waals surface area contributed by atoms with E-state index in [4.69, 9.17) is 9.26 Å². The van der Waals surface area contributed by atoms with E-state index in [0.29, 0.717) is 23.6 Å². The number of rotatable bonds is 10. The Labute approximate surface area is 202 Å². The summed E-state index contributed by atoms with van der Waals surface area (Å²) in [6.45, 7) is 6.48. The van der Waals surface area contributed by atoms with Crippen molar-refractivity contribution < 1.29 is 27.2 Å². The summed E-state index contributed by atoms with van der Waals surface area (Å²) < 4.78 is 51.3. The Hall–Kier alpha value is -3.24. The van der Waals surface area contributed by atoms with Crippen molar-refractivity contribution in [3.05, 3.63) is 60.4 Å². The summed E-state index contributed by atoms with van der Waals surface area (Å²) in [5.74, 6) is 1.27. The first-order valence-corrected chi connectivity index (χ1v) is 11.5. The molecule has 10 heteroatoms. The summed E-state index contributed by atoms with van der Waals surface area (Å²) in [4.78, 5) is 4.87. The number of methoxy groups -OCH3 is 1. The first kappa shape index (κ1) is 24.9. The number of aromatic nitrogens is 1. The molecule has 0 amide bonds. The minimum atomic E-state index is -4.71. The van der Waals surface area contributed by atoms with Gasteiger partial charge in [0.2, 0.25) is 0 Å². The number of hydrogen-bond donors (Lipinski definition) is 1. The molecule has 0 saturated carbocycles. The lowest BCUT2D eigenvalue weighted by atomic mass is 10.1. The van der Waals surface area contributed by atoms with Crippen LogP contribution in [0.1, 0.15) is 12.2 Å². The molecule has 2 heterocycles. The Kier molecular flexibility index (Phi) is 8.14. The van der Waals surface area contributed by atoms with Crippen molar-refractivity contribution in [1.82, 2.24) is 15.4 Å². The SMILES string of the molecule is COc1ccc(N2CCN(CCCNCc3cc(-c4ccc(OC(F)(F)F)cc4)no3)CC2)cc1. The van der Waals surface area contributed by atoms with E-state index in [0.717, 1.165) is 51.4 Å². The van der Waals surface area contributed by atoms with Gasteiger partial charge in [0.1, 0.15) is 17.2 Å². The standard InChI is InChI=1S/C25H29F3N4O3/c1-33-21-9-5-20(6-10-21)32-15-13-31(14-16-32)12-2-11-29-18-23-17-24(30-35-23)19-3-7-22(8-4-19)34-25(26,27)28/h3-10,17,29H,2,11-16,18H2,1H3. The molecular weight excluding hydrogens is 461 g/mol. The van der Waals surface area contributed by atoms with Gasteiger partial charge in [0, 0.05) is 43.5 Å². The number of piperazine rings is 1. The fourth-order valence-electron chi connectivity index (χ4n) is 4.02. The zero-order valence-corrected chi connectivity index (χ0v) is 19.6. The molecule has 1 fully saturated rings. The zero-order chi connectivity index (χ0) is 24.7. The number of halogens is 3. The minimum Gasteiger partial charge on any atom is -0.497 e. The van der Waals surface area contributed by atoms with E-state index in [1.807, 2.05) is 12.1 Å². The van der Waals surface area contributed by atoms with Gasteiger partial charge in [-0.1, -0.05) is 5.16 Å². The third-order valence-electron chi connectivity index (χ3n) is 5.88. The molecule has 1 saturated heterocycles. The molecule has 2 aromatic carbocycles. The van der Waals surface area contributed by atoms with Crippen molar-refractivity contribution in [2.45, 2.75) is 19.3 Å². The number of alkyl halides is 3. The molecule has 188 valence electrons. The van der Waals surface area contributed by atoms with Crippen LogP contribution in [-0.2, 0) is 6.54 Å². The second kappa shape index (κ2) is 11.5. The summed E-state index contributed by atoms with van der Waals surface area (Å²) in [6.07, 6.45) is -3.69. The van der Waals surface area contributed by atoms with E-state index in [1.54, 1.807) is 13.2 Å². The minimum absolute atomic E-state index is 0.270. The predicted octanol–water partition coefficient (Wildman–Crippen LogP) is 4.55. The van der Waals surface area contributed by atoms with Crippen LogP contribution in [0.3, 0.4) is 0 Å². The largest absolute Gasteiger partial charge is 0.573 e. The highest BCUT2D eigenvalue weighted by Gasteiger charge is 2.31. The third kappa shape index (κ3) is 7.37. The van der Waals surface area contributed by atoms with Crippen LogP contribution < -0.4 is 19.7 Å². The predicted molar refractivity (Wildman–Crippen MR) is 127 cm³/mol. The van der Waals surface area contributed by atoms with E-state index < -0.39 is 6.36 Å². The molecule has 0 atom stereocenters. The lowest BCUT2D eigenvalue weighted by Gasteiger charge is -2.36. The monoisotopic (exact) mass is 490 g/mol. The van der Waals surface area contributed by atoms with E-state index in [2.05, 4.69) is 37.1 Å². The molecule has 4 rings (SSSR count). The van der Waals surface area contributed by atoms with Crippen molar-refractivity contribution in [2.75, 3.05) is 51.3 Å². The first-order chi connectivity index (χ1) is 16.9. The molecule has 0 unspecified atom stereocenters. The van der Waals surface area contributed by atoms with Crippen LogP contribution in [0, 0.1) is 0 Å². The van der Waals surface area contributed by atoms with Crippen LogP contribution in [0.5, 0.6) is 11.5 Å². The number of nitrogens with zero attached hydrogens (tertiary/aromatic N) is 3. The summed E-state index contributed by atoms with van der Waals surface area (Å²) in [5, 5.41) is 7.37. The molecular formula is C25H29F3N4O3. The van der Waals surface area contributed by atoms with Gasteiger partial charge in [-0.15, -0.1) is 13.2 Å². The molecule has 7 nitrogen and oxygen atoms in total. The zero-order valence-electron chi connectivity index (χ0n) is 19.6. The fourth-order valence-corrected chi connectivity index (χ4v) is 4.02. The highest BCUT2D eigenvalue weighted by molar-refractivity contribution is 5.59. The number of nitrogens with one attached hydrogen (secondary N) is 1. The Balaban J connectivity index is 1.13. The van der Waals surface area contributed by atoms with Crippen LogP contribution in [0.4, 0.5) is 18.9 Å². The molecule has 0 bridgehead atoms. The quantitative estimate of drug-likeness (QED) is 0.419. The Morgan fingerprint density at radius 1 is 0.971 bits per heavy atom. The number of hydrogen-bond acceptors (Lipinski definition) is 7. The average molecular weight is 491 g/mol. The van der Waals surface area contributed by atoms with Gasteiger partial charge in [-0.2, -0.15) is 0 Å². The molecule has 1 aromatic heterocycles. The average Bonchev–Trinajstić information content (AvgIpc) is 3.33. The first-order valence-electron chi connectivity index (χ1n) is 11.5. The van der Waals surface area contributed by atoms with Crippen LogP contribution in [-0.4, -0.2) is 62.8 Å². The van der Waals surface area contributed by atoms with Gasteiger partial charge in [-0.3, -0.25) is 4.90 Å². The molecule has 0 radical (unpaired) electrons. The van der Waals surface area contributed by atoms with Gasteiger partial charge in [0.05, 0.1) is 13.7 Å². The lowest BCUT2D eigenvalue weighted by Crippen LogP contribution is -2.46. The van der Waals surface area contributed by atoms with Crippen molar-refractivity contribution >= 4 is 5.69 Å². The van der Waals surface area contributed by atoms with Crippen LogP contribution in [0.15, 0.2) is 59.1 Å². The smallest absolute Gasteiger partial charge is 0.497 e. The normalized spacial score (nSPS) is 14.8. The molecule has 1 aliphatic rings. The maximum atomic E-state index is 12.3. The van der Waals surface area contributed by atoms with Crippen LogP contribution in [0.2, 0.25) is 0 Å². The van der Waals surface area contributed by atoms with Gasteiger partial charge in [-0.05, 0) is 68.0 Å². The Bertz CT molecular complexity index is 1050. The van der Waals surface area contributed by atoms with E-state index >= 15 is 0 Å². The van der Waals surface area contributed by atoms with E-state index in [9.17, 15) is 13.2 Å². The lowest BCUT2D eigenvalue weighted by molar-refractivity contribution is -0.274. The highest BCUT2D eigenvalue weighted by Crippen LogP contribution is 2.26. The summed E-state index contributed by atoms with van der Waals surface area (Å²) in [5.41, 5.74) is 2.45. The second-order valence-electron chi connectivity index (χ2n) is 8.31. The number of anilines is 1. The van der Waals surface area contributed by atoms with Crippen molar-refractivity contribution in [2.24, 2.45) is 0 Å². The van der Waals surface area contributed by atoms with Gasteiger partial charge in [0.15, 0.2) is 5.76 Å². The van der Waals surface area contributed by atoms with E-state index in [1.165, 1.54) is 30.0 Å². The van der Waals surface area contributed by atoms with E-state index in [-0.39, 0.29) is 5.75 Å². The van der Waals surface area contributed by atoms with Crippen molar-refractivity contribution in [3.8, 4) is 22.8 Å². The molecule has 0 aliphatic carbocycles. The summed E-state index contributed by atoms with van der Waals surface area (Å²) in [7, 11) is 1.67. The van der Waals surface area contributed by atoms with Crippen molar-refractivity contribution in [1.29, 1.82) is 0 Å². The number of ether oxygens (including phenoxy) is 2. The van der Waals surface area contributed by atoms with Gasteiger partial charge in [-0.25, -0.2) is 0 Å². The van der Waals surface area contributed by atoms with Crippen LogP contribution in [0.25, 0.3) is 11.3 Å².